The summed E-state index contributed by atoms with van der Waals surface area (Å²) in [4.78, 5) is 0. The fourth-order valence-corrected chi connectivity index (χ4v) is 3.62. The predicted octanol–water partition coefficient (Wildman–Crippen LogP) is 3.09. The Balaban J connectivity index is 1.94. The third-order valence-electron chi connectivity index (χ3n) is 4.68. The number of hydrogen-bond donors (Lipinski definition) is 1. The van der Waals surface area contributed by atoms with Gasteiger partial charge in [0.05, 0.1) is 0 Å². The van der Waals surface area contributed by atoms with Crippen molar-refractivity contribution in [2.75, 3.05) is 6.54 Å². The lowest BCUT2D eigenvalue weighted by molar-refractivity contribution is -0.172. The van der Waals surface area contributed by atoms with Gasteiger partial charge in [0.25, 0.3) is 0 Å². The molecule has 92 valence electrons. The third-order valence-corrected chi connectivity index (χ3v) is 4.68. The van der Waals surface area contributed by atoms with E-state index in [0.717, 1.165) is 12.8 Å². The van der Waals surface area contributed by atoms with E-state index in [-0.39, 0.29) is 23.7 Å². The van der Waals surface area contributed by atoms with Gasteiger partial charge >= 0.3 is 0 Å². The van der Waals surface area contributed by atoms with Gasteiger partial charge in [-0.2, -0.15) is 0 Å². The van der Waals surface area contributed by atoms with Gasteiger partial charge in [-0.1, -0.05) is 30.3 Å². The van der Waals surface area contributed by atoms with Gasteiger partial charge in [0, 0.05) is 23.7 Å². The van der Waals surface area contributed by atoms with Crippen LogP contribution in [0.1, 0.15) is 31.2 Å². The van der Waals surface area contributed by atoms with Crippen molar-refractivity contribution in [2.45, 2.75) is 37.0 Å². The van der Waals surface area contributed by atoms with Crippen LogP contribution in [0.2, 0.25) is 0 Å². The Morgan fingerprint density at radius 2 is 1.65 bits per heavy atom. The van der Waals surface area contributed by atoms with E-state index in [1.807, 2.05) is 18.2 Å². The molecule has 0 amide bonds. The zero-order chi connectivity index (χ0) is 12.1. The fraction of sp³-hybridized carbons (Fsp3) is 0.571. The maximum Gasteiger partial charge on any atom is 0.249 e. The molecule has 0 heterocycles. The number of rotatable bonds is 3. The number of benzene rings is 1. The second-order valence-electron chi connectivity index (χ2n) is 5.64. The molecule has 1 aromatic carbocycles. The Kier molecular flexibility index (Phi) is 2.15. The highest BCUT2D eigenvalue weighted by molar-refractivity contribution is 5.37. The molecule has 0 unspecified atom stereocenters. The Morgan fingerprint density at radius 1 is 1.06 bits per heavy atom. The van der Waals surface area contributed by atoms with Crippen molar-refractivity contribution in [3.8, 4) is 0 Å². The maximum atomic E-state index is 13.2. The third kappa shape index (κ3) is 1.45. The zero-order valence-corrected chi connectivity index (χ0v) is 9.76. The van der Waals surface area contributed by atoms with Crippen LogP contribution in [0.15, 0.2) is 30.3 Å². The number of nitrogens with two attached hydrogens (primary N) is 1. The minimum Gasteiger partial charge on any atom is -0.330 e. The second-order valence-corrected chi connectivity index (χ2v) is 5.64. The molecule has 3 heteroatoms. The minimum atomic E-state index is -2.50. The van der Waals surface area contributed by atoms with Gasteiger partial charge in [0.15, 0.2) is 0 Å². The van der Waals surface area contributed by atoms with E-state index in [1.165, 1.54) is 5.56 Å². The molecule has 2 fully saturated rings. The van der Waals surface area contributed by atoms with Gasteiger partial charge in [-0.05, 0) is 24.9 Å². The zero-order valence-electron chi connectivity index (χ0n) is 9.76. The Morgan fingerprint density at radius 3 is 2.06 bits per heavy atom. The van der Waals surface area contributed by atoms with Crippen molar-refractivity contribution < 1.29 is 8.78 Å². The van der Waals surface area contributed by atoms with Gasteiger partial charge in [-0.15, -0.1) is 0 Å². The van der Waals surface area contributed by atoms with Crippen molar-refractivity contribution in [1.29, 1.82) is 0 Å². The lowest BCUT2D eigenvalue weighted by Crippen LogP contribution is -2.57. The van der Waals surface area contributed by atoms with E-state index in [0.29, 0.717) is 6.54 Å². The molecule has 0 aromatic heterocycles. The van der Waals surface area contributed by atoms with Crippen LogP contribution in [0, 0.1) is 5.41 Å². The Labute approximate surface area is 100 Å². The highest BCUT2D eigenvalue weighted by Crippen LogP contribution is 2.70. The lowest BCUT2D eigenvalue weighted by Gasteiger charge is -2.52. The second kappa shape index (κ2) is 3.29. The van der Waals surface area contributed by atoms with Crippen LogP contribution in [0.4, 0.5) is 8.78 Å². The summed E-state index contributed by atoms with van der Waals surface area (Å²) in [5.41, 5.74) is 6.59. The summed E-state index contributed by atoms with van der Waals surface area (Å²) in [6.07, 6.45) is 1.94. The molecule has 2 aliphatic rings. The summed E-state index contributed by atoms with van der Waals surface area (Å²) in [5.74, 6) is -2.50. The molecule has 1 aromatic rings. The number of hydrogen-bond acceptors (Lipinski definition) is 1. The van der Waals surface area contributed by atoms with Gasteiger partial charge in [-0.3, -0.25) is 0 Å². The summed E-state index contributed by atoms with van der Waals surface area (Å²) in [6.45, 7) is 0.373. The normalized spacial score (nSPS) is 27.2. The van der Waals surface area contributed by atoms with Crippen LogP contribution >= 0.6 is 0 Å². The topological polar surface area (TPSA) is 26.0 Å². The maximum absolute atomic E-state index is 13.2. The van der Waals surface area contributed by atoms with Crippen molar-refractivity contribution >= 4 is 0 Å². The summed E-state index contributed by atoms with van der Waals surface area (Å²) < 4.78 is 26.5. The molecular weight excluding hydrogens is 220 g/mol. The van der Waals surface area contributed by atoms with Crippen molar-refractivity contribution in [3.63, 3.8) is 0 Å². The summed E-state index contributed by atoms with van der Waals surface area (Å²) in [6, 6.07) is 10.0. The number of alkyl halides is 2. The predicted molar refractivity (Wildman–Crippen MR) is 63.0 cm³/mol. The van der Waals surface area contributed by atoms with E-state index in [1.54, 1.807) is 0 Å². The van der Waals surface area contributed by atoms with E-state index in [9.17, 15) is 8.78 Å². The first-order valence-corrected chi connectivity index (χ1v) is 6.17. The molecular formula is C14H17F2N. The van der Waals surface area contributed by atoms with Crippen LogP contribution in [-0.4, -0.2) is 12.5 Å². The SMILES string of the molecule is NCC1(C2(c3ccccc3)CC2)CC(F)(F)C1. The number of halogens is 2. The van der Waals surface area contributed by atoms with Crippen LogP contribution < -0.4 is 5.73 Å². The molecule has 0 saturated heterocycles. The quantitative estimate of drug-likeness (QED) is 0.859. The van der Waals surface area contributed by atoms with E-state index in [2.05, 4.69) is 12.1 Å². The average molecular weight is 237 g/mol. The molecule has 2 aliphatic carbocycles. The van der Waals surface area contributed by atoms with Crippen LogP contribution in [0.25, 0.3) is 0 Å². The monoisotopic (exact) mass is 237 g/mol. The fourth-order valence-electron chi connectivity index (χ4n) is 3.62. The highest BCUT2D eigenvalue weighted by Gasteiger charge is 2.69. The first kappa shape index (κ1) is 11.1. The van der Waals surface area contributed by atoms with Gasteiger partial charge in [-0.25, -0.2) is 8.78 Å². The minimum absolute atomic E-state index is 0.0363. The Hall–Kier alpha value is -0.960. The molecule has 0 radical (unpaired) electrons. The van der Waals surface area contributed by atoms with E-state index < -0.39 is 5.92 Å². The molecule has 0 atom stereocenters. The van der Waals surface area contributed by atoms with Crippen LogP contribution in [0.5, 0.6) is 0 Å². The highest BCUT2D eigenvalue weighted by atomic mass is 19.3. The molecule has 1 nitrogen and oxygen atoms in total. The van der Waals surface area contributed by atoms with Crippen LogP contribution in [0.3, 0.4) is 0 Å². The van der Waals surface area contributed by atoms with Gasteiger partial charge in [0.2, 0.25) is 5.92 Å². The summed E-state index contributed by atoms with van der Waals surface area (Å²) in [5, 5.41) is 0. The van der Waals surface area contributed by atoms with Crippen molar-refractivity contribution in [3.05, 3.63) is 35.9 Å². The first-order chi connectivity index (χ1) is 8.04. The standard InChI is InChI=1S/C14H17F2N/c15-14(16)8-12(9-14,10-17)13(6-7-13)11-4-2-1-3-5-11/h1-5H,6-10,17H2. The molecule has 0 spiro atoms. The first-order valence-electron chi connectivity index (χ1n) is 6.17. The molecule has 0 bridgehead atoms. The average Bonchev–Trinajstić information content (AvgIpc) is 3.08. The molecule has 17 heavy (non-hydrogen) atoms. The van der Waals surface area contributed by atoms with E-state index in [4.69, 9.17) is 5.73 Å². The van der Waals surface area contributed by atoms with Crippen LogP contribution in [-0.2, 0) is 5.41 Å². The molecule has 2 N–H and O–H groups in total. The molecule has 2 saturated carbocycles. The van der Waals surface area contributed by atoms with Gasteiger partial charge in [0.1, 0.15) is 0 Å². The summed E-state index contributed by atoms with van der Waals surface area (Å²) in [7, 11) is 0. The lowest BCUT2D eigenvalue weighted by atomic mass is 9.55. The van der Waals surface area contributed by atoms with Gasteiger partial charge < -0.3 is 5.73 Å². The largest absolute Gasteiger partial charge is 0.330 e. The van der Waals surface area contributed by atoms with Crippen molar-refractivity contribution in [1.82, 2.24) is 0 Å². The Bertz CT molecular complexity index is 415. The smallest absolute Gasteiger partial charge is 0.249 e. The molecule has 0 aliphatic heterocycles. The van der Waals surface area contributed by atoms with Crippen molar-refractivity contribution in [2.24, 2.45) is 11.1 Å². The molecule has 3 rings (SSSR count). The summed E-state index contributed by atoms with van der Waals surface area (Å²) >= 11 is 0. The van der Waals surface area contributed by atoms with E-state index >= 15 is 0 Å².